The Labute approximate surface area is 135 Å². The van der Waals surface area contributed by atoms with Gasteiger partial charge in [-0.15, -0.1) is 12.4 Å². The molecule has 2 aliphatic rings. The van der Waals surface area contributed by atoms with Crippen molar-refractivity contribution in [3.63, 3.8) is 0 Å². The van der Waals surface area contributed by atoms with Gasteiger partial charge in [-0.3, -0.25) is 4.79 Å². The first kappa shape index (κ1) is 17.0. The number of fused-ring (bicyclic) bond motifs is 1. The Kier molecular flexibility index (Phi) is 5.99. The van der Waals surface area contributed by atoms with Gasteiger partial charge in [0.25, 0.3) is 0 Å². The first-order valence-electron chi connectivity index (χ1n) is 7.25. The minimum Gasteiger partial charge on any atom is -0.490 e. The number of nitrogens with one attached hydrogen (secondary N) is 1. The molecule has 0 aromatic heterocycles. The molecule has 0 saturated carbocycles. The highest BCUT2D eigenvalue weighted by Gasteiger charge is 2.38. The molecular formula is C15H20ClFN2O3. The van der Waals surface area contributed by atoms with E-state index in [1.54, 1.807) is 18.2 Å². The van der Waals surface area contributed by atoms with Gasteiger partial charge in [0.1, 0.15) is 0 Å². The molecule has 22 heavy (non-hydrogen) atoms. The van der Waals surface area contributed by atoms with Gasteiger partial charge in [0, 0.05) is 19.6 Å². The van der Waals surface area contributed by atoms with Gasteiger partial charge in [-0.2, -0.15) is 0 Å². The zero-order valence-corrected chi connectivity index (χ0v) is 13.0. The maximum atomic E-state index is 13.4. The number of morpholine rings is 1. The van der Waals surface area contributed by atoms with E-state index in [0.717, 1.165) is 13.1 Å². The van der Waals surface area contributed by atoms with E-state index >= 15 is 0 Å². The lowest BCUT2D eigenvalue weighted by atomic mass is 10.1. The lowest BCUT2D eigenvalue weighted by Crippen LogP contribution is -2.53. The molecule has 1 amide bonds. The monoisotopic (exact) mass is 330 g/mol. The molecule has 7 heteroatoms. The van der Waals surface area contributed by atoms with Crippen LogP contribution in [0.5, 0.6) is 5.75 Å². The second-order valence-electron chi connectivity index (χ2n) is 5.25. The molecule has 1 aromatic carbocycles. The van der Waals surface area contributed by atoms with Crippen LogP contribution in [0, 0.1) is 5.82 Å². The molecule has 0 spiro atoms. The van der Waals surface area contributed by atoms with Crippen molar-refractivity contribution in [3.8, 4) is 5.75 Å². The number of hydrogen-bond donors (Lipinski definition) is 1. The van der Waals surface area contributed by atoms with Crippen LogP contribution in [-0.2, 0) is 9.53 Å². The van der Waals surface area contributed by atoms with E-state index in [2.05, 4.69) is 5.32 Å². The molecule has 0 bridgehead atoms. The maximum absolute atomic E-state index is 13.4. The summed E-state index contributed by atoms with van der Waals surface area (Å²) in [4.78, 5) is 14.1. The first-order valence-corrected chi connectivity index (χ1v) is 7.25. The highest BCUT2D eigenvalue weighted by atomic mass is 35.5. The Morgan fingerprint density at radius 1 is 1.41 bits per heavy atom. The van der Waals surface area contributed by atoms with Crippen LogP contribution in [0.3, 0.4) is 0 Å². The highest BCUT2D eigenvalue weighted by molar-refractivity contribution is 5.85. The van der Waals surface area contributed by atoms with Crippen LogP contribution in [-0.4, -0.2) is 55.8 Å². The number of amides is 1. The largest absolute Gasteiger partial charge is 0.490 e. The summed E-state index contributed by atoms with van der Waals surface area (Å²) in [6.07, 6.45) is 0.340. The molecule has 5 nitrogen and oxygen atoms in total. The van der Waals surface area contributed by atoms with Gasteiger partial charge in [-0.05, 0) is 12.1 Å². The van der Waals surface area contributed by atoms with Crippen LogP contribution in [0.25, 0.3) is 0 Å². The Hall–Kier alpha value is -1.37. The van der Waals surface area contributed by atoms with Gasteiger partial charge in [-0.1, -0.05) is 12.1 Å². The van der Waals surface area contributed by atoms with Gasteiger partial charge in [0.05, 0.1) is 31.8 Å². The average molecular weight is 331 g/mol. The smallest absolute Gasteiger partial charge is 0.226 e. The summed E-state index contributed by atoms with van der Waals surface area (Å²) >= 11 is 0. The fourth-order valence-electron chi connectivity index (χ4n) is 2.85. The van der Waals surface area contributed by atoms with Gasteiger partial charge < -0.3 is 19.7 Å². The van der Waals surface area contributed by atoms with Gasteiger partial charge in [-0.25, -0.2) is 4.39 Å². The number of halogens is 2. The summed E-state index contributed by atoms with van der Waals surface area (Å²) in [5, 5.41) is 3.24. The molecule has 0 aliphatic carbocycles. The van der Waals surface area contributed by atoms with Gasteiger partial charge >= 0.3 is 0 Å². The third-order valence-corrected chi connectivity index (χ3v) is 3.92. The Morgan fingerprint density at radius 2 is 2.23 bits per heavy atom. The lowest BCUT2D eigenvalue weighted by Gasteiger charge is -2.37. The molecule has 1 aromatic rings. The number of carbonyl (C=O) groups excluding carboxylic acids is 1. The SMILES string of the molecule is Cl.O=C(CCOc1ccccc1F)N1CCO[C@H]2CNC[C@H]21. The van der Waals surface area contributed by atoms with Gasteiger partial charge in [0.15, 0.2) is 11.6 Å². The van der Waals surface area contributed by atoms with Crippen molar-refractivity contribution in [1.82, 2.24) is 10.2 Å². The molecule has 3 rings (SSSR count). The summed E-state index contributed by atoms with van der Waals surface area (Å²) < 4.78 is 24.4. The topological polar surface area (TPSA) is 50.8 Å². The highest BCUT2D eigenvalue weighted by Crippen LogP contribution is 2.19. The van der Waals surface area contributed by atoms with E-state index in [-0.39, 0.29) is 49.2 Å². The Balaban J connectivity index is 0.00000176. The number of benzene rings is 1. The Bertz CT molecular complexity index is 517. The molecule has 2 fully saturated rings. The zero-order chi connectivity index (χ0) is 14.7. The van der Waals surface area contributed by atoms with E-state index in [1.807, 2.05) is 4.90 Å². The number of carbonyl (C=O) groups is 1. The molecular weight excluding hydrogens is 311 g/mol. The number of rotatable bonds is 4. The third-order valence-electron chi connectivity index (χ3n) is 3.92. The normalized spacial score (nSPS) is 23.6. The predicted molar refractivity (Wildman–Crippen MR) is 81.9 cm³/mol. The van der Waals surface area contributed by atoms with E-state index in [4.69, 9.17) is 9.47 Å². The van der Waals surface area contributed by atoms with E-state index in [1.165, 1.54) is 6.07 Å². The number of para-hydroxylation sites is 1. The van der Waals surface area contributed by atoms with Gasteiger partial charge in [0.2, 0.25) is 5.91 Å². The van der Waals surface area contributed by atoms with E-state index in [0.29, 0.717) is 13.2 Å². The molecule has 0 radical (unpaired) electrons. The summed E-state index contributed by atoms with van der Waals surface area (Å²) in [5.41, 5.74) is 0. The van der Waals surface area contributed by atoms with Crippen LogP contribution >= 0.6 is 12.4 Å². The summed E-state index contributed by atoms with van der Waals surface area (Å²) in [5.74, 6) is -0.183. The van der Waals surface area contributed by atoms with Crippen LogP contribution in [0.15, 0.2) is 24.3 Å². The molecule has 122 valence electrons. The Morgan fingerprint density at radius 3 is 3.05 bits per heavy atom. The van der Waals surface area contributed by atoms with Crippen molar-refractivity contribution in [2.75, 3.05) is 32.8 Å². The van der Waals surface area contributed by atoms with Crippen molar-refractivity contribution in [2.24, 2.45) is 0 Å². The number of ether oxygens (including phenoxy) is 2. The first-order chi connectivity index (χ1) is 10.3. The summed E-state index contributed by atoms with van der Waals surface area (Å²) in [6.45, 7) is 2.93. The fourth-order valence-corrected chi connectivity index (χ4v) is 2.85. The average Bonchev–Trinajstić information content (AvgIpc) is 2.97. The third kappa shape index (κ3) is 3.69. The van der Waals surface area contributed by atoms with Crippen molar-refractivity contribution in [2.45, 2.75) is 18.6 Å². The second kappa shape index (κ2) is 7.76. The lowest BCUT2D eigenvalue weighted by molar-refractivity contribution is -0.143. The quantitative estimate of drug-likeness (QED) is 0.902. The molecule has 2 atom stereocenters. The van der Waals surface area contributed by atoms with Crippen molar-refractivity contribution < 1.29 is 18.7 Å². The van der Waals surface area contributed by atoms with Crippen LogP contribution in [0.1, 0.15) is 6.42 Å². The van der Waals surface area contributed by atoms with Crippen LogP contribution < -0.4 is 10.1 Å². The van der Waals surface area contributed by atoms with Crippen molar-refractivity contribution in [3.05, 3.63) is 30.1 Å². The molecule has 2 aliphatic heterocycles. The molecule has 0 unspecified atom stereocenters. The predicted octanol–water partition coefficient (Wildman–Crippen LogP) is 1.22. The maximum Gasteiger partial charge on any atom is 0.226 e. The second-order valence-corrected chi connectivity index (χ2v) is 5.25. The van der Waals surface area contributed by atoms with E-state index in [9.17, 15) is 9.18 Å². The van der Waals surface area contributed by atoms with Crippen LogP contribution in [0.4, 0.5) is 4.39 Å². The molecule has 2 heterocycles. The fraction of sp³-hybridized carbons (Fsp3) is 0.533. The standard InChI is InChI=1S/C15H19FN2O3.ClH/c16-11-3-1-2-4-13(11)20-7-5-15(19)18-6-8-21-14-10-17-9-12(14)18;/h1-4,12,14,17H,5-10H2;1H/t12-,14+;/m1./s1. The zero-order valence-electron chi connectivity index (χ0n) is 12.2. The summed E-state index contributed by atoms with van der Waals surface area (Å²) in [7, 11) is 0. The summed E-state index contributed by atoms with van der Waals surface area (Å²) in [6, 6.07) is 6.32. The van der Waals surface area contributed by atoms with E-state index < -0.39 is 5.82 Å². The molecule has 1 N–H and O–H groups in total. The van der Waals surface area contributed by atoms with Crippen molar-refractivity contribution in [1.29, 1.82) is 0 Å². The molecule has 2 saturated heterocycles. The number of hydrogen-bond acceptors (Lipinski definition) is 4. The van der Waals surface area contributed by atoms with Crippen LogP contribution in [0.2, 0.25) is 0 Å². The number of nitrogens with zero attached hydrogens (tertiary/aromatic N) is 1. The minimum absolute atomic E-state index is 0. The van der Waals surface area contributed by atoms with Crippen molar-refractivity contribution >= 4 is 18.3 Å². The minimum atomic E-state index is -0.406.